The van der Waals surface area contributed by atoms with Gasteiger partial charge < -0.3 is 11.5 Å². The van der Waals surface area contributed by atoms with Crippen LogP contribution in [0.1, 0.15) is 0 Å². The summed E-state index contributed by atoms with van der Waals surface area (Å²) in [6.07, 6.45) is 0. The number of rotatable bonds is 0. The van der Waals surface area contributed by atoms with Gasteiger partial charge in [-0.3, -0.25) is 0 Å². The van der Waals surface area contributed by atoms with E-state index < -0.39 is 0 Å². The Balaban J connectivity index is 3.00. The Kier molecular flexibility index (Phi) is 1.88. The number of nitrogens with two attached hydrogens (primary N) is 2. The van der Waals surface area contributed by atoms with Crippen LogP contribution in [-0.2, 0) is 0 Å². The number of nitrogen functional groups attached to an aromatic ring is 2. The van der Waals surface area contributed by atoms with Gasteiger partial charge in [0.15, 0.2) is 0 Å². The Morgan fingerprint density at radius 2 is 1.62 bits per heavy atom. The number of hydrogen-bond acceptors (Lipinski definition) is 2. The molecule has 0 aliphatic heterocycles. The van der Waals surface area contributed by atoms with Crippen molar-refractivity contribution >= 4 is 38.1 Å². The predicted octanol–water partition coefficient (Wildman–Crippen LogP) is 2.77. The van der Waals surface area contributed by atoms with Gasteiger partial charge in [0.2, 0.25) is 0 Å². The highest BCUT2D eigenvalue weighted by Crippen LogP contribution is 2.32. The van der Waals surface area contributed by atoms with Gasteiger partial charge in [-0.1, -0.05) is 28.1 Å². The topological polar surface area (TPSA) is 52.0 Å². The highest BCUT2D eigenvalue weighted by molar-refractivity contribution is 9.10. The van der Waals surface area contributed by atoms with E-state index in [1.54, 1.807) is 0 Å². The fourth-order valence-corrected chi connectivity index (χ4v) is 1.89. The molecule has 4 N–H and O–H groups in total. The Hall–Kier alpha value is -1.22. The molecule has 0 saturated heterocycles. The van der Waals surface area contributed by atoms with E-state index in [1.165, 1.54) is 0 Å². The van der Waals surface area contributed by atoms with Crippen LogP contribution in [0.2, 0.25) is 0 Å². The number of fused-ring (bicyclic) bond motifs is 1. The molecule has 2 rings (SSSR count). The third-order valence-corrected chi connectivity index (χ3v) is 2.74. The molecule has 0 aliphatic rings. The van der Waals surface area contributed by atoms with Gasteiger partial charge in [0, 0.05) is 21.2 Å². The first-order chi connectivity index (χ1) is 6.20. The van der Waals surface area contributed by atoms with Gasteiger partial charge in [0.1, 0.15) is 0 Å². The van der Waals surface area contributed by atoms with E-state index in [-0.39, 0.29) is 0 Å². The van der Waals surface area contributed by atoms with Crippen molar-refractivity contribution in [1.82, 2.24) is 0 Å². The van der Waals surface area contributed by atoms with Crippen LogP contribution in [0.5, 0.6) is 0 Å². The molecule has 0 spiro atoms. The molecule has 0 bridgehead atoms. The first-order valence-corrected chi connectivity index (χ1v) is 4.71. The van der Waals surface area contributed by atoms with Crippen LogP contribution < -0.4 is 11.5 Å². The molecule has 3 heteroatoms. The molecule has 0 aromatic heterocycles. The maximum atomic E-state index is 5.83. The molecule has 0 fully saturated rings. The zero-order valence-corrected chi connectivity index (χ0v) is 8.51. The molecule has 0 unspecified atom stereocenters. The summed E-state index contributed by atoms with van der Waals surface area (Å²) in [7, 11) is 0. The normalized spacial score (nSPS) is 10.5. The number of hydrogen-bond donors (Lipinski definition) is 2. The highest BCUT2D eigenvalue weighted by atomic mass is 79.9. The lowest BCUT2D eigenvalue weighted by Gasteiger charge is -2.06. The SMILES string of the molecule is Nc1cccc2c(Br)ccc(N)c12. The zero-order valence-electron chi connectivity index (χ0n) is 6.92. The molecular formula is C10H9BrN2. The Morgan fingerprint density at radius 3 is 2.31 bits per heavy atom. The van der Waals surface area contributed by atoms with Crippen LogP contribution in [0.3, 0.4) is 0 Å². The lowest BCUT2D eigenvalue weighted by Crippen LogP contribution is -1.92. The Labute approximate surface area is 84.7 Å². The van der Waals surface area contributed by atoms with E-state index in [0.717, 1.165) is 26.6 Å². The third-order valence-electron chi connectivity index (χ3n) is 2.05. The fraction of sp³-hybridized carbons (Fsp3) is 0. The number of anilines is 2. The van der Waals surface area contributed by atoms with Gasteiger partial charge in [0.25, 0.3) is 0 Å². The van der Waals surface area contributed by atoms with Gasteiger partial charge in [-0.05, 0) is 23.6 Å². The van der Waals surface area contributed by atoms with E-state index in [9.17, 15) is 0 Å². The molecule has 0 radical (unpaired) electrons. The molecule has 0 aliphatic carbocycles. The van der Waals surface area contributed by atoms with E-state index in [1.807, 2.05) is 30.3 Å². The summed E-state index contributed by atoms with van der Waals surface area (Å²) in [6, 6.07) is 9.54. The second-order valence-corrected chi connectivity index (χ2v) is 3.76. The summed E-state index contributed by atoms with van der Waals surface area (Å²) in [4.78, 5) is 0. The largest absolute Gasteiger partial charge is 0.398 e. The van der Waals surface area contributed by atoms with Crippen LogP contribution in [0.15, 0.2) is 34.8 Å². The lowest BCUT2D eigenvalue weighted by atomic mass is 10.1. The van der Waals surface area contributed by atoms with Crippen LogP contribution in [0.4, 0.5) is 11.4 Å². The molecule has 2 aromatic rings. The maximum absolute atomic E-state index is 5.83. The van der Waals surface area contributed by atoms with Gasteiger partial charge in [-0.2, -0.15) is 0 Å². The van der Waals surface area contributed by atoms with Crippen molar-refractivity contribution in [2.45, 2.75) is 0 Å². The van der Waals surface area contributed by atoms with Crippen molar-refractivity contribution < 1.29 is 0 Å². The second kappa shape index (κ2) is 2.92. The van der Waals surface area contributed by atoms with Gasteiger partial charge in [0.05, 0.1) is 0 Å². The molecule has 2 nitrogen and oxygen atoms in total. The fourth-order valence-electron chi connectivity index (χ4n) is 1.43. The summed E-state index contributed by atoms with van der Waals surface area (Å²) in [5, 5.41) is 1.98. The van der Waals surface area contributed by atoms with Crippen LogP contribution in [0, 0.1) is 0 Å². The molecule has 13 heavy (non-hydrogen) atoms. The van der Waals surface area contributed by atoms with Crippen molar-refractivity contribution in [1.29, 1.82) is 0 Å². The van der Waals surface area contributed by atoms with Gasteiger partial charge >= 0.3 is 0 Å². The van der Waals surface area contributed by atoms with Crippen LogP contribution in [0.25, 0.3) is 10.8 Å². The molecule has 0 amide bonds. The zero-order chi connectivity index (χ0) is 9.42. The van der Waals surface area contributed by atoms with E-state index in [0.29, 0.717) is 0 Å². The molecule has 0 saturated carbocycles. The average molecular weight is 237 g/mol. The quantitative estimate of drug-likeness (QED) is 0.692. The lowest BCUT2D eigenvalue weighted by molar-refractivity contribution is 1.68. The Bertz CT molecular complexity index is 457. The molecular weight excluding hydrogens is 228 g/mol. The number of halogens is 1. The minimum Gasteiger partial charge on any atom is -0.398 e. The first-order valence-electron chi connectivity index (χ1n) is 3.92. The first kappa shape index (κ1) is 8.38. The highest BCUT2D eigenvalue weighted by Gasteiger charge is 2.03. The molecule has 2 aromatic carbocycles. The van der Waals surface area contributed by atoms with Crippen LogP contribution >= 0.6 is 15.9 Å². The molecule has 66 valence electrons. The van der Waals surface area contributed by atoms with Crippen LogP contribution in [-0.4, -0.2) is 0 Å². The van der Waals surface area contributed by atoms with E-state index in [4.69, 9.17) is 11.5 Å². The average Bonchev–Trinajstić information content (AvgIpc) is 2.12. The van der Waals surface area contributed by atoms with Gasteiger partial charge in [-0.25, -0.2) is 0 Å². The van der Waals surface area contributed by atoms with Crippen molar-refractivity contribution in [3.05, 3.63) is 34.8 Å². The minimum absolute atomic E-state index is 0.719. The minimum atomic E-state index is 0.719. The molecule has 0 atom stereocenters. The summed E-state index contributed by atoms with van der Waals surface area (Å²) in [6.45, 7) is 0. The van der Waals surface area contributed by atoms with Crippen molar-refractivity contribution in [3.63, 3.8) is 0 Å². The summed E-state index contributed by atoms with van der Waals surface area (Å²) in [5.74, 6) is 0. The number of benzene rings is 2. The summed E-state index contributed by atoms with van der Waals surface area (Å²) >= 11 is 3.45. The third kappa shape index (κ3) is 1.25. The standard InChI is InChI=1S/C10H9BrN2/c11-7-4-5-9(13)10-6(7)2-1-3-8(10)12/h1-5H,12-13H2. The summed E-state index contributed by atoms with van der Waals surface area (Å²) in [5.41, 5.74) is 13.1. The van der Waals surface area contributed by atoms with Crippen molar-refractivity contribution in [3.8, 4) is 0 Å². The van der Waals surface area contributed by atoms with Crippen molar-refractivity contribution in [2.24, 2.45) is 0 Å². The second-order valence-electron chi connectivity index (χ2n) is 2.91. The monoisotopic (exact) mass is 236 g/mol. The van der Waals surface area contributed by atoms with E-state index in [2.05, 4.69) is 15.9 Å². The summed E-state index contributed by atoms with van der Waals surface area (Å²) < 4.78 is 1.02. The van der Waals surface area contributed by atoms with E-state index >= 15 is 0 Å². The van der Waals surface area contributed by atoms with Crippen molar-refractivity contribution in [2.75, 3.05) is 11.5 Å². The maximum Gasteiger partial charge on any atom is 0.0415 e. The van der Waals surface area contributed by atoms with Gasteiger partial charge in [-0.15, -0.1) is 0 Å². The predicted molar refractivity (Wildman–Crippen MR) is 60.5 cm³/mol. The smallest absolute Gasteiger partial charge is 0.0415 e. The Morgan fingerprint density at radius 1 is 0.923 bits per heavy atom. The molecule has 0 heterocycles.